The lowest BCUT2D eigenvalue weighted by molar-refractivity contribution is -0.120. The van der Waals surface area contributed by atoms with Gasteiger partial charge in [-0.15, -0.1) is 0 Å². The van der Waals surface area contributed by atoms with Gasteiger partial charge in [0.2, 0.25) is 5.91 Å². The summed E-state index contributed by atoms with van der Waals surface area (Å²) in [4.78, 5) is 12.4. The molecule has 1 aromatic carbocycles. The van der Waals surface area contributed by atoms with E-state index in [0.717, 1.165) is 4.31 Å². The fourth-order valence-corrected chi connectivity index (χ4v) is 3.97. The Morgan fingerprint density at radius 1 is 1.35 bits per heavy atom. The first-order valence-corrected chi connectivity index (χ1v) is 9.31. The minimum atomic E-state index is -3.51. The van der Waals surface area contributed by atoms with Crippen LogP contribution in [0.3, 0.4) is 0 Å². The Kier molecular flexibility index (Phi) is 5.91. The second-order valence-corrected chi connectivity index (χ2v) is 8.51. The Bertz CT molecular complexity index is 695. The maximum atomic E-state index is 12.4. The molecule has 1 amide bonds. The van der Waals surface area contributed by atoms with E-state index in [1.807, 2.05) is 0 Å². The first-order chi connectivity index (χ1) is 10.7. The maximum absolute atomic E-state index is 12.4. The van der Waals surface area contributed by atoms with Crippen LogP contribution in [0.2, 0.25) is 10.0 Å². The van der Waals surface area contributed by atoms with Crippen LogP contribution in [0.25, 0.3) is 0 Å². The van der Waals surface area contributed by atoms with Crippen LogP contribution in [0.1, 0.15) is 12.8 Å². The molecule has 2 rings (SSSR count). The lowest BCUT2D eigenvalue weighted by atomic mass is 9.99. The number of amides is 1. The molecule has 1 unspecified atom stereocenters. The third-order valence-electron chi connectivity index (χ3n) is 3.75. The van der Waals surface area contributed by atoms with Crippen molar-refractivity contribution in [1.29, 1.82) is 0 Å². The summed E-state index contributed by atoms with van der Waals surface area (Å²) >= 11 is 12.0. The van der Waals surface area contributed by atoms with Crippen LogP contribution in [-0.2, 0) is 15.0 Å². The number of hydrogen-bond acceptors (Lipinski definition) is 3. The zero-order chi connectivity index (χ0) is 17.2. The van der Waals surface area contributed by atoms with Crippen LogP contribution >= 0.6 is 23.2 Å². The third-order valence-corrected chi connectivity index (χ3v) is 6.48. The largest absolute Gasteiger partial charge is 0.324 e. The van der Waals surface area contributed by atoms with E-state index in [1.165, 1.54) is 18.4 Å². The standard InChI is InChI=1S/C14H19Cl2N3O3S/c1-18(2)23(21,22)19-8-4-5-10(9-19)14(20)17-12-7-3-6-11(15)13(12)16/h3,6-7,10H,4-5,8-9H2,1-2H3,(H,17,20). The summed E-state index contributed by atoms with van der Waals surface area (Å²) in [5.74, 6) is -0.679. The van der Waals surface area contributed by atoms with E-state index in [-0.39, 0.29) is 17.5 Å². The molecule has 6 nitrogen and oxygen atoms in total. The van der Waals surface area contributed by atoms with E-state index in [0.29, 0.717) is 30.1 Å². The van der Waals surface area contributed by atoms with Crippen molar-refractivity contribution in [3.63, 3.8) is 0 Å². The second kappa shape index (κ2) is 7.36. The normalized spacial score (nSPS) is 19.8. The average Bonchev–Trinajstić information content (AvgIpc) is 2.51. The van der Waals surface area contributed by atoms with E-state index < -0.39 is 16.1 Å². The van der Waals surface area contributed by atoms with Crippen LogP contribution < -0.4 is 5.32 Å². The highest BCUT2D eigenvalue weighted by atomic mass is 35.5. The number of anilines is 1. The molecule has 9 heteroatoms. The van der Waals surface area contributed by atoms with Gasteiger partial charge in [0.15, 0.2) is 0 Å². The molecule has 1 saturated heterocycles. The first-order valence-electron chi connectivity index (χ1n) is 7.16. The predicted octanol–water partition coefficient (Wildman–Crippen LogP) is 2.45. The maximum Gasteiger partial charge on any atom is 0.281 e. The number of nitrogens with one attached hydrogen (secondary N) is 1. The molecule has 1 aromatic rings. The zero-order valence-electron chi connectivity index (χ0n) is 12.9. The molecule has 1 atom stereocenters. The van der Waals surface area contributed by atoms with Crippen LogP contribution in [0.5, 0.6) is 0 Å². The predicted molar refractivity (Wildman–Crippen MR) is 92.0 cm³/mol. The van der Waals surface area contributed by atoms with E-state index in [4.69, 9.17) is 23.2 Å². The fraction of sp³-hybridized carbons (Fsp3) is 0.500. The second-order valence-electron chi connectivity index (χ2n) is 5.58. The first kappa shape index (κ1) is 18.5. The van der Waals surface area contributed by atoms with Gasteiger partial charge in [0.1, 0.15) is 0 Å². The number of rotatable bonds is 4. The van der Waals surface area contributed by atoms with Crippen molar-refractivity contribution in [2.45, 2.75) is 12.8 Å². The van der Waals surface area contributed by atoms with Gasteiger partial charge < -0.3 is 5.32 Å². The van der Waals surface area contributed by atoms with Gasteiger partial charge in [-0.05, 0) is 25.0 Å². The third kappa shape index (κ3) is 4.16. The summed E-state index contributed by atoms with van der Waals surface area (Å²) in [5, 5.41) is 3.36. The van der Waals surface area contributed by atoms with Crippen molar-refractivity contribution in [3.05, 3.63) is 28.2 Å². The summed E-state index contributed by atoms with van der Waals surface area (Å²) in [6, 6.07) is 4.97. The smallest absolute Gasteiger partial charge is 0.281 e. The van der Waals surface area contributed by atoms with Crippen molar-refractivity contribution >= 4 is 45.0 Å². The number of carbonyl (C=O) groups excluding carboxylic acids is 1. The van der Waals surface area contributed by atoms with E-state index in [9.17, 15) is 13.2 Å². The van der Waals surface area contributed by atoms with Crippen molar-refractivity contribution in [2.24, 2.45) is 5.92 Å². The minimum Gasteiger partial charge on any atom is -0.324 e. The monoisotopic (exact) mass is 379 g/mol. The number of halogens is 2. The van der Waals surface area contributed by atoms with Gasteiger partial charge in [0, 0.05) is 27.2 Å². The van der Waals surface area contributed by atoms with Gasteiger partial charge in [-0.2, -0.15) is 17.0 Å². The molecule has 0 bridgehead atoms. The van der Waals surface area contributed by atoms with Crippen LogP contribution in [0, 0.1) is 5.92 Å². The number of piperidine rings is 1. The summed E-state index contributed by atoms with van der Waals surface area (Å²) in [7, 11) is -0.561. The number of benzene rings is 1. The SMILES string of the molecule is CN(C)S(=O)(=O)N1CCCC(C(=O)Nc2cccc(Cl)c2Cl)C1. The summed E-state index contributed by atoms with van der Waals surface area (Å²) < 4.78 is 26.9. The molecule has 1 aliphatic heterocycles. The average molecular weight is 380 g/mol. The molecule has 23 heavy (non-hydrogen) atoms. The highest BCUT2D eigenvalue weighted by Crippen LogP contribution is 2.30. The molecule has 1 heterocycles. The van der Waals surface area contributed by atoms with Gasteiger partial charge >= 0.3 is 0 Å². The van der Waals surface area contributed by atoms with Gasteiger partial charge in [0.25, 0.3) is 10.2 Å². The number of hydrogen-bond donors (Lipinski definition) is 1. The van der Waals surface area contributed by atoms with Gasteiger partial charge in [-0.1, -0.05) is 29.3 Å². The van der Waals surface area contributed by atoms with Crippen molar-refractivity contribution in [3.8, 4) is 0 Å². The Hall–Kier alpha value is -0.860. The molecule has 1 aliphatic rings. The highest BCUT2D eigenvalue weighted by Gasteiger charge is 2.33. The lowest BCUT2D eigenvalue weighted by Gasteiger charge is -2.32. The Balaban J connectivity index is 2.09. The van der Waals surface area contributed by atoms with E-state index >= 15 is 0 Å². The van der Waals surface area contributed by atoms with Crippen molar-refractivity contribution in [2.75, 3.05) is 32.5 Å². The quantitative estimate of drug-likeness (QED) is 0.873. The van der Waals surface area contributed by atoms with Crippen LogP contribution in [0.4, 0.5) is 5.69 Å². The minimum absolute atomic E-state index is 0.157. The lowest BCUT2D eigenvalue weighted by Crippen LogP contribution is -2.47. The molecule has 128 valence electrons. The van der Waals surface area contributed by atoms with Crippen molar-refractivity contribution < 1.29 is 13.2 Å². The molecule has 0 radical (unpaired) electrons. The molecule has 0 aliphatic carbocycles. The van der Waals surface area contributed by atoms with Crippen molar-refractivity contribution in [1.82, 2.24) is 8.61 Å². The Morgan fingerprint density at radius 3 is 2.70 bits per heavy atom. The van der Waals surface area contributed by atoms with Gasteiger partial charge in [-0.3, -0.25) is 4.79 Å². The summed E-state index contributed by atoms with van der Waals surface area (Å²) in [5.41, 5.74) is 0.428. The molecule has 0 aromatic heterocycles. The highest BCUT2D eigenvalue weighted by molar-refractivity contribution is 7.86. The van der Waals surface area contributed by atoms with Gasteiger partial charge in [-0.25, -0.2) is 0 Å². The molecular formula is C14H19Cl2N3O3S. The fourth-order valence-electron chi connectivity index (χ4n) is 2.43. The molecule has 0 saturated carbocycles. The molecule has 0 spiro atoms. The van der Waals surface area contributed by atoms with Crippen LogP contribution in [-0.4, -0.2) is 50.1 Å². The molecular weight excluding hydrogens is 361 g/mol. The Morgan fingerprint density at radius 2 is 2.04 bits per heavy atom. The molecule has 1 N–H and O–H groups in total. The number of nitrogens with zero attached hydrogens (tertiary/aromatic N) is 2. The molecule has 1 fully saturated rings. The zero-order valence-corrected chi connectivity index (χ0v) is 15.2. The summed E-state index contributed by atoms with van der Waals surface area (Å²) in [6.07, 6.45) is 1.26. The topological polar surface area (TPSA) is 69.7 Å². The Labute approximate surface area is 146 Å². The number of carbonyl (C=O) groups is 1. The van der Waals surface area contributed by atoms with E-state index in [1.54, 1.807) is 18.2 Å². The van der Waals surface area contributed by atoms with E-state index in [2.05, 4.69) is 5.32 Å². The summed E-state index contributed by atoms with van der Waals surface area (Å²) in [6.45, 7) is 0.576. The van der Waals surface area contributed by atoms with Crippen LogP contribution in [0.15, 0.2) is 18.2 Å². The van der Waals surface area contributed by atoms with Gasteiger partial charge in [0.05, 0.1) is 21.7 Å².